The molecular formula is C41H70O8. The molecule has 49 heavy (non-hydrogen) atoms. The highest BCUT2D eigenvalue weighted by Crippen LogP contribution is 2.16. The fourth-order valence-corrected chi connectivity index (χ4v) is 5.04. The zero-order valence-electron chi connectivity index (χ0n) is 32.0. The summed E-state index contributed by atoms with van der Waals surface area (Å²) in [5.74, 6) is -0.0343. The number of carbonyl (C=O) groups is 4. The third-order valence-electron chi connectivity index (χ3n) is 8.64. The molecule has 282 valence electrons. The maximum atomic E-state index is 11.9. The first-order valence-electron chi connectivity index (χ1n) is 19.5. The van der Waals surface area contributed by atoms with E-state index in [1.54, 1.807) is 24.3 Å². The van der Waals surface area contributed by atoms with E-state index in [1.165, 1.54) is 25.7 Å². The van der Waals surface area contributed by atoms with E-state index in [0.29, 0.717) is 51.1 Å². The van der Waals surface area contributed by atoms with Gasteiger partial charge in [-0.25, -0.2) is 9.59 Å². The van der Waals surface area contributed by atoms with Crippen LogP contribution in [0.15, 0.2) is 24.3 Å². The van der Waals surface area contributed by atoms with E-state index in [-0.39, 0.29) is 23.1 Å². The van der Waals surface area contributed by atoms with Crippen LogP contribution in [-0.2, 0) is 28.5 Å². The number of ether oxygens (including phenoxy) is 4. The van der Waals surface area contributed by atoms with Gasteiger partial charge in [0.1, 0.15) is 0 Å². The molecule has 0 heterocycles. The lowest BCUT2D eigenvalue weighted by Crippen LogP contribution is -2.14. The molecule has 0 N–H and O–H groups in total. The molecule has 1 rings (SSSR count). The average molecular weight is 691 g/mol. The summed E-state index contributed by atoms with van der Waals surface area (Å²) in [5, 5.41) is 0. The highest BCUT2D eigenvalue weighted by molar-refractivity contribution is 6.03. The molecule has 1 aromatic carbocycles. The number of hydrogen-bond donors (Lipinski definition) is 0. The molecule has 0 fully saturated rings. The van der Waals surface area contributed by atoms with Crippen molar-refractivity contribution < 1.29 is 38.1 Å². The normalized spacial score (nSPS) is 11.9. The zero-order valence-corrected chi connectivity index (χ0v) is 32.0. The summed E-state index contributed by atoms with van der Waals surface area (Å²) in [6, 6.07) is 6.59. The van der Waals surface area contributed by atoms with E-state index < -0.39 is 11.9 Å². The standard InChI is InChI=1S/C25H48O4.C16H22O4/c1-5-9-16-22(7-3)20-28-24(26)18-14-12-11-13-15-19-25(27)29-21-23(8-4)17-10-6-2;1-3-5-11-19-15(17)13-9-7-8-10-14(13)16(18)20-12-6-4-2/h22-23H,5-21H2,1-4H3;7-10H,3-6,11-12H2,1-2H3. The van der Waals surface area contributed by atoms with Crippen LogP contribution in [0.1, 0.15) is 184 Å². The van der Waals surface area contributed by atoms with Gasteiger partial charge in [-0.2, -0.15) is 0 Å². The van der Waals surface area contributed by atoms with E-state index in [0.717, 1.165) is 83.5 Å². The van der Waals surface area contributed by atoms with Crippen LogP contribution in [0.25, 0.3) is 0 Å². The number of esters is 4. The molecule has 0 bridgehead atoms. The highest BCUT2D eigenvalue weighted by atomic mass is 16.5. The maximum Gasteiger partial charge on any atom is 0.339 e. The first-order valence-corrected chi connectivity index (χ1v) is 19.5. The Labute approximate surface area is 298 Å². The molecule has 0 spiro atoms. The van der Waals surface area contributed by atoms with Crippen LogP contribution in [0.3, 0.4) is 0 Å². The zero-order chi connectivity index (χ0) is 36.5. The minimum Gasteiger partial charge on any atom is -0.465 e. The van der Waals surface area contributed by atoms with Crippen molar-refractivity contribution in [2.24, 2.45) is 11.8 Å². The van der Waals surface area contributed by atoms with Gasteiger partial charge >= 0.3 is 23.9 Å². The largest absolute Gasteiger partial charge is 0.465 e. The van der Waals surface area contributed by atoms with Gasteiger partial charge in [0, 0.05) is 12.8 Å². The number of hydrogen-bond acceptors (Lipinski definition) is 8. The van der Waals surface area contributed by atoms with Gasteiger partial charge in [-0.15, -0.1) is 0 Å². The second-order valence-electron chi connectivity index (χ2n) is 13.0. The monoisotopic (exact) mass is 691 g/mol. The van der Waals surface area contributed by atoms with Gasteiger partial charge in [0.05, 0.1) is 37.6 Å². The Balaban J connectivity index is 0.00000100. The molecule has 8 heteroatoms. The van der Waals surface area contributed by atoms with Crippen LogP contribution in [0.4, 0.5) is 0 Å². The van der Waals surface area contributed by atoms with Crippen molar-refractivity contribution >= 4 is 23.9 Å². The first-order chi connectivity index (χ1) is 23.8. The SMILES string of the molecule is CCCCC(CC)COC(=O)CCCCCCCC(=O)OCC(CC)CCCC.CCCCOC(=O)c1ccccc1C(=O)OCCCC. The summed E-state index contributed by atoms with van der Waals surface area (Å²) in [4.78, 5) is 47.6. The van der Waals surface area contributed by atoms with E-state index in [2.05, 4.69) is 27.7 Å². The highest BCUT2D eigenvalue weighted by Gasteiger charge is 2.18. The summed E-state index contributed by atoms with van der Waals surface area (Å²) in [5.41, 5.74) is 0.537. The summed E-state index contributed by atoms with van der Waals surface area (Å²) >= 11 is 0. The Hall–Kier alpha value is -2.90. The van der Waals surface area contributed by atoms with Gasteiger partial charge in [0.25, 0.3) is 0 Å². The Morgan fingerprint density at radius 2 is 0.857 bits per heavy atom. The maximum absolute atomic E-state index is 11.9. The fourth-order valence-electron chi connectivity index (χ4n) is 5.04. The second-order valence-corrected chi connectivity index (χ2v) is 13.0. The number of rotatable bonds is 28. The molecule has 0 saturated carbocycles. The molecule has 0 aliphatic carbocycles. The fraction of sp³-hybridized carbons (Fsp3) is 0.756. The van der Waals surface area contributed by atoms with Crippen LogP contribution in [-0.4, -0.2) is 50.3 Å². The van der Waals surface area contributed by atoms with E-state index >= 15 is 0 Å². The molecule has 2 atom stereocenters. The summed E-state index contributed by atoms with van der Waals surface area (Å²) in [7, 11) is 0. The predicted molar refractivity (Wildman–Crippen MR) is 198 cm³/mol. The number of unbranched alkanes of at least 4 members (excludes halogenated alkanes) is 8. The number of carbonyl (C=O) groups excluding carboxylic acids is 4. The molecule has 0 aromatic heterocycles. The lowest BCUT2D eigenvalue weighted by atomic mass is 10.0. The Kier molecular flexibility index (Phi) is 30.4. The van der Waals surface area contributed by atoms with Crippen LogP contribution >= 0.6 is 0 Å². The molecule has 8 nitrogen and oxygen atoms in total. The van der Waals surface area contributed by atoms with Gasteiger partial charge < -0.3 is 18.9 Å². The molecule has 0 aliphatic heterocycles. The van der Waals surface area contributed by atoms with Gasteiger partial charge in [0.2, 0.25) is 0 Å². The minimum absolute atomic E-state index is 0.0583. The minimum atomic E-state index is -0.471. The van der Waals surface area contributed by atoms with Crippen LogP contribution in [0, 0.1) is 11.8 Å². The summed E-state index contributed by atoms with van der Waals surface area (Å²) in [6.45, 7) is 14.7. The average Bonchev–Trinajstić information content (AvgIpc) is 3.11. The van der Waals surface area contributed by atoms with Crippen molar-refractivity contribution in [3.8, 4) is 0 Å². The van der Waals surface area contributed by atoms with Crippen molar-refractivity contribution in [2.75, 3.05) is 26.4 Å². The third-order valence-corrected chi connectivity index (χ3v) is 8.64. The molecular weight excluding hydrogens is 620 g/mol. The van der Waals surface area contributed by atoms with Crippen molar-refractivity contribution in [2.45, 2.75) is 164 Å². The van der Waals surface area contributed by atoms with Crippen LogP contribution < -0.4 is 0 Å². The Morgan fingerprint density at radius 1 is 0.490 bits per heavy atom. The molecule has 0 aliphatic rings. The quantitative estimate of drug-likeness (QED) is 0.0486. The Morgan fingerprint density at radius 3 is 1.20 bits per heavy atom. The van der Waals surface area contributed by atoms with Gasteiger partial charge in [-0.3, -0.25) is 9.59 Å². The molecule has 1 aromatic rings. The first kappa shape index (κ1) is 46.1. The molecule has 0 amide bonds. The number of benzene rings is 1. The van der Waals surface area contributed by atoms with Gasteiger partial charge in [-0.05, 0) is 62.5 Å². The van der Waals surface area contributed by atoms with Crippen molar-refractivity contribution in [3.05, 3.63) is 35.4 Å². The van der Waals surface area contributed by atoms with E-state index in [4.69, 9.17) is 18.9 Å². The summed E-state index contributed by atoms with van der Waals surface area (Å²) < 4.78 is 21.1. The predicted octanol–water partition coefficient (Wildman–Crippen LogP) is 10.8. The second kappa shape index (κ2) is 32.3. The van der Waals surface area contributed by atoms with Gasteiger partial charge in [-0.1, -0.05) is 124 Å². The van der Waals surface area contributed by atoms with E-state index in [1.807, 2.05) is 13.8 Å². The van der Waals surface area contributed by atoms with Crippen molar-refractivity contribution in [1.29, 1.82) is 0 Å². The van der Waals surface area contributed by atoms with E-state index in [9.17, 15) is 19.2 Å². The molecule has 0 radical (unpaired) electrons. The van der Waals surface area contributed by atoms with Crippen LogP contribution in [0.2, 0.25) is 0 Å². The topological polar surface area (TPSA) is 105 Å². The van der Waals surface area contributed by atoms with Crippen molar-refractivity contribution in [1.82, 2.24) is 0 Å². The van der Waals surface area contributed by atoms with Crippen LogP contribution in [0.5, 0.6) is 0 Å². The summed E-state index contributed by atoms with van der Waals surface area (Å²) in [6.07, 6.45) is 18.7. The Bertz CT molecular complexity index is 914. The third kappa shape index (κ3) is 24.8. The lowest BCUT2D eigenvalue weighted by Gasteiger charge is -2.14. The smallest absolute Gasteiger partial charge is 0.339 e. The lowest BCUT2D eigenvalue weighted by molar-refractivity contribution is -0.146. The molecule has 0 saturated heterocycles. The van der Waals surface area contributed by atoms with Crippen molar-refractivity contribution in [3.63, 3.8) is 0 Å². The van der Waals surface area contributed by atoms with Gasteiger partial charge in [0.15, 0.2) is 0 Å². The molecule has 2 unspecified atom stereocenters.